The monoisotopic (exact) mass is 342 g/mol. The first-order valence-corrected chi connectivity index (χ1v) is 7.06. The number of alkyl halides is 3. The van der Waals surface area contributed by atoms with Gasteiger partial charge in [0, 0.05) is 31.0 Å². The number of aromatic nitrogens is 2. The third-order valence-electron chi connectivity index (χ3n) is 3.37. The summed E-state index contributed by atoms with van der Waals surface area (Å²) < 4.78 is 40.0. The van der Waals surface area contributed by atoms with Crippen molar-refractivity contribution in [3.63, 3.8) is 0 Å². The van der Waals surface area contributed by atoms with Gasteiger partial charge in [0.25, 0.3) is 0 Å². The summed E-state index contributed by atoms with van der Waals surface area (Å²) in [7, 11) is 1.69. The van der Waals surface area contributed by atoms with Gasteiger partial charge in [-0.2, -0.15) is 18.3 Å². The van der Waals surface area contributed by atoms with Gasteiger partial charge in [0.2, 0.25) is 0 Å². The number of anilines is 1. The van der Waals surface area contributed by atoms with Crippen molar-refractivity contribution in [1.29, 1.82) is 0 Å². The van der Waals surface area contributed by atoms with Crippen LogP contribution in [0.15, 0.2) is 30.6 Å². The van der Waals surface area contributed by atoms with Gasteiger partial charge in [-0.05, 0) is 24.6 Å². The van der Waals surface area contributed by atoms with E-state index in [2.05, 4.69) is 15.7 Å². The molecule has 1 aromatic heterocycles. The van der Waals surface area contributed by atoms with Crippen LogP contribution >= 0.6 is 0 Å². The summed E-state index contributed by atoms with van der Waals surface area (Å²) in [4.78, 5) is 11.8. The molecule has 9 heteroatoms. The molecule has 24 heavy (non-hydrogen) atoms. The SMILES string of the molecule is Cc1ccc(NC(=O)NC[C@@H](O)c2cnn(C)c2)cc1C(F)(F)F. The number of urea groups is 1. The van der Waals surface area contributed by atoms with Crippen LogP contribution in [0, 0.1) is 6.92 Å². The standard InChI is InChI=1S/C15H17F3N4O2/c1-9-3-4-11(5-12(9)15(16,17)18)21-14(24)19-7-13(23)10-6-20-22(2)8-10/h3-6,8,13,23H,7H2,1-2H3,(H2,19,21,24)/t13-/m1/s1. The minimum Gasteiger partial charge on any atom is -0.386 e. The van der Waals surface area contributed by atoms with Crippen molar-refractivity contribution < 1.29 is 23.1 Å². The highest BCUT2D eigenvalue weighted by molar-refractivity contribution is 5.89. The number of nitrogens with zero attached hydrogens (tertiary/aromatic N) is 2. The molecule has 2 aromatic rings. The van der Waals surface area contributed by atoms with Crippen molar-refractivity contribution in [3.05, 3.63) is 47.3 Å². The fourth-order valence-electron chi connectivity index (χ4n) is 2.10. The Labute approximate surface area is 136 Å². The Balaban J connectivity index is 1.95. The maximum absolute atomic E-state index is 12.8. The topological polar surface area (TPSA) is 79.2 Å². The molecule has 0 aliphatic carbocycles. The highest BCUT2D eigenvalue weighted by atomic mass is 19.4. The Kier molecular flexibility index (Phi) is 5.13. The summed E-state index contributed by atoms with van der Waals surface area (Å²) >= 11 is 0. The first-order valence-electron chi connectivity index (χ1n) is 7.06. The zero-order valence-electron chi connectivity index (χ0n) is 13.1. The predicted octanol–water partition coefficient (Wildman–Crippen LogP) is 2.60. The quantitative estimate of drug-likeness (QED) is 0.799. The van der Waals surface area contributed by atoms with Gasteiger partial charge in [-0.25, -0.2) is 4.79 Å². The Hall–Kier alpha value is -2.55. The molecule has 0 bridgehead atoms. The van der Waals surface area contributed by atoms with E-state index in [1.807, 2.05) is 0 Å². The lowest BCUT2D eigenvalue weighted by atomic mass is 10.1. The zero-order valence-corrected chi connectivity index (χ0v) is 13.1. The number of benzene rings is 1. The average Bonchev–Trinajstić information content (AvgIpc) is 2.92. The van der Waals surface area contributed by atoms with Gasteiger partial charge in [-0.3, -0.25) is 4.68 Å². The molecule has 0 fully saturated rings. The molecular formula is C15H17F3N4O2. The molecule has 0 radical (unpaired) electrons. The predicted molar refractivity (Wildman–Crippen MR) is 81.4 cm³/mol. The molecule has 0 saturated carbocycles. The average molecular weight is 342 g/mol. The molecular weight excluding hydrogens is 325 g/mol. The van der Waals surface area contributed by atoms with Gasteiger partial charge >= 0.3 is 12.2 Å². The lowest BCUT2D eigenvalue weighted by molar-refractivity contribution is -0.138. The summed E-state index contributed by atoms with van der Waals surface area (Å²) in [6.45, 7) is 1.24. The number of hydrogen-bond donors (Lipinski definition) is 3. The van der Waals surface area contributed by atoms with E-state index in [-0.39, 0.29) is 17.8 Å². The number of aliphatic hydroxyl groups is 1. The van der Waals surface area contributed by atoms with Crippen molar-refractivity contribution in [2.45, 2.75) is 19.2 Å². The van der Waals surface area contributed by atoms with Crippen molar-refractivity contribution in [1.82, 2.24) is 15.1 Å². The second-order valence-corrected chi connectivity index (χ2v) is 5.33. The molecule has 3 N–H and O–H groups in total. The summed E-state index contributed by atoms with van der Waals surface area (Å²) in [6.07, 6.45) is -2.40. The second-order valence-electron chi connectivity index (χ2n) is 5.33. The number of rotatable bonds is 4. The molecule has 2 amide bonds. The molecule has 0 unspecified atom stereocenters. The number of carbonyl (C=O) groups excluding carboxylic acids is 1. The van der Waals surface area contributed by atoms with Gasteiger partial charge in [-0.1, -0.05) is 6.07 Å². The number of hydrogen-bond acceptors (Lipinski definition) is 3. The van der Waals surface area contributed by atoms with Crippen LogP contribution in [0.25, 0.3) is 0 Å². The molecule has 0 spiro atoms. The van der Waals surface area contributed by atoms with Crippen LogP contribution in [-0.2, 0) is 13.2 Å². The lowest BCUT2D eigenvalue weighted by Crippen LogP contribution is -2.32. The maximum atomic E-state index is 12.8. The Morgan fingerprint density at radius 1 is 1.42 bits per heavy atom. The number of aliphatic hydroxyl groups excluding tert-OH is 1. The molecule has 130 valence electrons. The molecule has 0 saturated heterocycles. The molecule has 2 rings (SSSR count). The van der Waals surface area contributed by atoms with Gasteiger partial charge in [0.05, 0.1) is 17.9 Å². The zero-order chi connectivity index (χ0) is 17.9. The second kappa shape index (κ2) is 6.91. The van der Waals surface area contributed by atoms with Crippen LogP contribution in [0.2, 0.25) is 0 Å². The molecule has 1 atom stereocenters. The van der Waals surface area contributed by atoms with Crippen molar-refractivity contribution in [2.75, 3.05) is 11.9 Å². The van der Waals surface area contributed by atoms with Gasteiger partial charge in [0.15, 0.2) is 0 Å². The highest BCUT2D eigenvalue weighted by Gasteiger charge is 2.32. The minimum atomic E-state index is -4.49. The molecule has 0 aliphatic rings. The normalized spacial score (nSPS) is 12.8. The van der Waals surface area contributed by atoms with E-state index in [0.29, 0.717) is 5.56 Å². The number of amides is 2. The number of carbonyl (C=O) groups is 1. The van der Waals surface area contributed by atoms with E-state index >= 15 is 0 Å². The van der Waals surface area contributed by atoms with Crippen molar-refractivity contribution in [3.8, 4) is 0 Å². The summed E-state index contributed by atoms with van der Waals surface area (Å²) in [6, 6.07) is 2.81. The number of aryl methyl sites for hydroxylation is 2. The van der Waals surface area contributed by atoms with E-state index in [1.54, 1.807) is 13.2 Å². The summed E-state index contributed by atoms with van der Waals surface area (Å²) in [5.74, 6) is 0. The van der Waals surface area contributed by atoms with Crippen LogP contribution in [0.4, 0.5) is 23.7 Å². The van der Waals surface area contributed by atoms with Gasteiger partial charge in [-0.15, -0.1) is 0 Å². The van der Waals surface area contributed by atoms with Gasteiger partial charge < -0.3 is 15.7 Å². The largest absolute Gasteiger partial charge is 0.416 e. The van der Waals surface area contributed by atoms with E-state index < -0.39 is 23.9 Å². The third-order valence-corrected chi connectivity index (χ3v) is 3.37. The van der Waals surface area contributed by atoms with E-state index in [4.69, 9.17) is 0 Å². The van der Waals surface area contributed by atoms with Crippen LogP contribution in [0.5, 0.6) is 0 Å². The maximum Gasteiger partial charge on any atom is 0.416 e. The summed E-state index contributed by atoms with van der Waals surface area (Å²) in [5, 5.41) is 18.5. The molecule has 1 heterocycles. The Morgan fingerprint density at radius 2 is 2.12 bits per heavy atom. The van der Waals surface area contributed by atoms with E-state index in [0.717, 1.165) is 6.07 Å². The van der Waals surface area contributed by atoms with Crippen LogP contribution in [0.3, 0.4) is 0 Å². The Morgan fingerprint density at radius 3 is 2.71 bits per heavy atom. The fraction of sp³-hybridized carbons (Fsp3) is 0.333. The third kappa shape index (κ3) is 4.48. The minimum absolute atomic E-state index is 0.0151. The van der Waals surface area contributed by atoms with Crippen LogP contribution < -0.4 is 10.6 Å². The first-order chi connectivity index (χ1) is 11.2. The lowest BCUT2D eigenvalue weighted by Gasteiger charge is -2.14. The van der Waals surface area contributed by atoms with E-state index in [9.17, 15) is 23.1 Å². The molecule has 0 aliphatic heterocycles. The summed E-state index contributed by atoms with van der Waals surface area (Å²) in [5.41, 5.74) is -0.204. The smallest absolute Gasteiger partial charge is 0.386 e. The van der Waals surface area contributed by atoms with Gasteiger partial charge in [0.1, 0.15) is 0 Å². The fourth-order valence-corrected chi connectivity index (χ4v) is 2.10. The van der Waals surface area contributed by atoms with Crippen LogP contribution in [0.1, 0.15) is 22.8 Å². The van der Waals surface area contributed by atoms with Crippen molar-refractivity contribution in [2.24, 2.45) is 7.05 Å². The molecule has 1 aromatic carbocycles. The number of nitrogens with one attached hydrogen (secondary N) is 2. The van der Waals surface area contributed by atoms with Crippen LogP contribution in [-0.4, -0.2) is 27.5 Å². The van der Waals surface area contributed by atoms with Crippen molar-refractivity contribution >= 4 is 11.7 Å². The Bertz CT molecular complexity index is 728. The highest BCUT2D eigenvalue weighted by Crippen LogP contribution is 2.33. The van der Waals surface area contributed by atoms with E-state index in [1.165, 1.54) is 29.9 Å². The first kappa shape index (κ1) is 17.8. The number of halogens is 3. The molecule has 6 nitrogen and oxygen atoms in total.